The van der Waals surface area contributed by atoms with E-state index in [0.717, 1.165) is 12.1 Å². The number of aryl methyl sites for hydroxylation is 1. The molecule has 0 atom stereocenters. The minimum atomic E-state index is -3.66. The summed E-state index contributed by atoms with van der Waals surface area (Å²) in [6, 6.07) is 3.13. The molecule has 0 aliphatic heterocycles. The Balaban J connectivity index is 2.27. The van der Waals surface area contributed by atoms with Crippen LogP contribution in [0.25, 0.3) is 0 Å². The highest BCUT2D eigenvalue weighted by Crippen LogP contribution is 2.17. The molecule has 0 aliphatic carbocycles. The number of nitrogens with one attached hydrogen (secondary N) is 2. The zero-order valence-electron chi connectivity index (χ0n) is 9.51. The van der Waals surface area contributed by atoms with E-state index in [1.54, 1.807) is 6.07 Å². The number of nitrogens with zero attached hydrogens (tertiary/aromatic N) is 2. The van der Waals surface area contributed by atoms with Gasteiger partial charge in [-0.3, -0.25) is 14.8 Å². The van der Waals surface area contributed by atoms with E-state index in [4.69, 9.17) is 0 Å². The van der Waals surface area contributed by atoms with Crippen LogP contribution in [0, 0.1) is 0 Å². The highest BCUT2D eigenvalue weighted by molar-refractivity contribution is 9.10. The quantitative estimate of drug-likeness (QED) is 0.896. The van der Waals surface area contributed by atoms with Gasteiger partial charge in [0.25, 0.3) is 10.0 Å². The summed E-state index contributed by atoms with van der Waals surface area (Å²) in [6.45, 7) is 1.95. The van der Waals surface area contributed by atoms with Crippen LogP contribution in [0.1, 0.15) is 12.6 Å². The van der Waals surface area contributed by atoms with E-state index >= 15 is 0 Å². The van der Waals surface area contributed by atoms with Crippen molar-refractivity contribution in [1.29, 1.82) is 0 Å². The lowest BCUT2D eigenvalue weighted by atomic mass is 10.3. The molecule has 0 saturated carbocycles. The molecule has 0 aromatic carbocycles. The lowest BCUT2D eigenvalue weighted by molar-refractivity contribution is 0.600. The molecule has 2 aromatic heterocycles. The fourth-order valence-electron chi connectivity index (χ4n) is 1.33. The first kappa shape index (κ1) is 13.0. The number of anilines is 1. The number of hydrogen-bond donors (Lipinski definition) is 2. The average molecular weight is 331 g/mol. The number of halogens is 1. The molecule has 0 aliphatic rings. The summed E-state index contributed by atoms with van der Waals surface area (Å²) >= 11 is 3.18. The van der Waals surface area contributed by atoms with Crippen molar-refractivity contribution >= 4 is 31.8 Å². The van der Waals surface area contributed by atoms with E-state index in [1.807, 2.05) is 6.92 Å². The molecule has 0 amide bonds. The lowest BCUT2D eigenvalue weighted by Gasteiger charge is -2.04. The summed E-state index contributed by atoms with van der Waals surface area (Å²) < 4.78 is 27.0. The van der Waals surface area contributed by atoms with E-state index in [9.17, 15) is 8.42 Å². The van der Waals surface area contributed by atoms with Crippen molar-refractivity contribution in [1.82, 2.24) is 15.2 Å². The van der Waals surface area contributed by atoms with Gasteiger partial charge in [0, 0.05) is 28.6 Å². The second-order valence-electron chi connectivity index (χ2n) is 3.58. The standard InChI is InChI=1S/C10H11BrN4O2S/c1-2-8-4-10(14-13-8)15-18(16,17)9-3-7(11)5-12-6-9/h3-6H,2H2,1H3,(H2,13,14,15). The van der Waals surface area contributed by atoms with Gasteiger partial charge in [0.05, 0.1) is 0 Å². The van der Waals surface area contributed by atoms with E-state index in [1.165, 1.54) is 18.5 Å². The minimum absolute atomic E-state index is 0.0814. The van der Waals surface area contributed by atoms with Gasteiger partial charge in [-0.25, -0.2) is 8.42 Å². The van der Waals surface area contributed by atoms with Gasteiger partial charge in [-0.05, 0) is 28.4 Å². The Hall–Kier alpha value is -1.41. The SMILES string of the molecule is CCc1cc(NS(=O)(=O)c2cncc(Br)c2)n[nH]1. The molecule has 8 heteroatoms. The minimum Gasteiger partial charge on any atom is -0.280 e. The summed E-state index contributed by atoms with van der Waals surface area (Å²) in [5.41, 5.74) is 0.861. The van der Waals surface area contributed by atoms with Crippen molar-refractivity contribution in [2.75, 3.05) is 4.72 Å². The van der Waals surface area contributed by atoms with Gasteiger partial charge in [0.15, 0.2) is 5.82 Å². The molecule has 6 nitrogen and oxygen atoms in total. The van der Waals surface area contributed by atoms with Crippen molar-refractivity contribution in [3.63, 3.8) is 0 Å². The maximum atomic E-state index is 12.0. The lowest BCUT2D eigenvalue weighted by Crippen LogP contribution is -2.13. The number of H-pyrrole nitrogens is 1. The molecule has 96 valence electrons. The molecule has 2 aromatic rings. The van der Waals surface area contributed by atoms with Gasteiger partial charge >= 0.3 is 0 Å². The Morgan fingerprint density at radius 1 is 1.39 bits per heavy atom. The fraction of sp³-hybridized carbons (Fsp3) is 0.200. The molecular weight excluding hydrogens is 320 g/mol. The third-order valence-electron chi connectivity index (χ3n) is 2.24. The Morgan fingerprint density at radius 2 is 2.17 bits per heavy atom. The molecule has 0 radical (unpaired) electrons. The summed E-state index contributed by atoms with van der Waals surface area (Å²) in [7, 11) is -3.66. The van der Waals surface area contributed by atoms with Crippen LogP contribution < -0.4 is 4.72 Å². The van der Waals surface area contributed by atoms with Crippen LogP contribution in [0.15, 0.2) is 33.9 Å². The number of aromatic amines is 1. The largest absolute Gasteiger partial charge is 0.280 e. The molecule has 0 spiro atoms. The average Bonchev–Trinajstić information content (AvgIpc) is 2.76. The summed E-state index contributed by atoms with van der Waals surface area (Å²) in [5, 5.41) is 6.61. The Kier molecular flexibility index (Phi) is 3.67. The fourth-order valence-corrected chi connectivity index (χ4v) is 2.83. The summed E-state index contributed by atoms with van der Waals surface area (Å²) in [5.74, 6) is 0.270. The van der Waals surface area contributed by atoms with Crippen LogP contribution in [0.5, 0.6) is 0 Å². The van der Waals surface area contributed by atoms with Gasteiger partial charge in [0.2, 0.25) is 0 Å². The van der Waals surface area contributed by atoms with Crippen molar-refractivity contribution in [2.24, 2.45) is 0 Å². The Bertz CT molecular complexity index is 653. The summed E-state index contributed by atoms with van der Waals surface area (Å²) in [6.07, 6.45) is 3.55. The second-order valence-corrected chi connectivity index (χ2v) is 6.17. The molecule has 0 bridgehead atoms. The number of hydrogen-bond acceptors (Lipinski definition) is 4. The molecule has 0 unspecified atom stereocenters. The molecule has 18 heavy (non-hydrogen) atoms. The number of rotatable bonds is 4. The Labute approximate surface area is 113 Å². The van der Waals surface area contributed by atoms with Crippen LogP contribution >= 0.6 is 15.9 Å². The van der Waals surface area contributed by atoms with Gasteiger partial charge in [-0.15, -0.1) is 0 Å². The zero-order valence-corrected chi connectivity index (χ0v) is 11.9. The number of sulfonamides is 1. The first-order valence-corrected chi connectivity index (χ1v) is 7.46. The zero-order chi connectivity index (χ0) is 13.2. The predicted octanol–water partition coefficient (Wildman–Crippen LogP) is 1.93. The highest BCUT2D eigenvalue weighted by Gasteiger charge is 2.16. The smallest absolute Gasteiger partial charge is 0.264 e. The van der Waals surface area contributed by atoms with Crippen LogP contribution in [-0.2, 0) is 16.4 Å². The van der Waals surface area contributed by atoms with Crippen molar-refractivity contribution in [3.8, 4) is 0 Å². The monoisotopic (exact) mass is 330 g/mol. The third-order valence-corrected chi connectivity index (χ3v) is 4.00. The van der Waals surface area contributed by atoms with Crippen LogP contribution in [0.2, 0.25) is 0 Å². The van der Waals surface area contributed by atoms with E-state index in [2.05, 4.69) is 35.8 Å². The van der Waals surface area contributed by atoms with E-state index in [-0.39, 0.29) is 10.7 Å². The van der Waals surface area contributed by atoms with Gasteiger partial charge in [0.1, 0.15) is 4.90 Å². The third kappa shape index (κ3) is 2.88. The van der Waals surface area contributed by atoms with Gasteiger partial charge < -0.3 is 0 Å². The number of pyridine rings is 1. The molecule has 0 fully saturated rings. The van der Waals surface area contributed by atoms with E-state index < -0.39 is 10.0 Å². The Morgan fingerprint density at radius 3 is 2.78 bits per heavy atom. The topological polar surface area (TPSA) is 87.7 Å². The molecule has 0 saturated heterocycles. The van der Waals surface area contributed by atoms with E-state index in [0.29, 0.717) is 4.47 Å². The summed E-state index contributed by atoms with van der Waals surface area (Å²) in [4.78, 5) is 3.90. The molecule has 2 N–H and O–H groups in total. The molecule has 2 heterocycles. The second kappa shape index (κ2) is 5.07. The van der Waals surface area contributed by atoms with Crippen molar-refractivity contribution < 1.29 is 8.42 Å². The molecule has 2 rings (SSSR count). The van der Waals surface area contributed by atoms with Crippen molar-refractivity contribution in [2.45, 2.75) is 18.2 Å². The first-order valence-electron chi connectivity index (χ1n) is 5.19. The van der Waals surface area contributed by atoms with Gasteiger partial charge in [-0.1, -0.05) is 6.92 Å². The highest BCUT2D eigenvalue weighted by atomic mass is 79.9. The van der Waals surface area contributed by atoms with Crippen LogP contribution in [-0.4, -0.2) is 23.6 Å². The number of aromatic nitrogens is 3. The van der Waals surface area contributed by atoms with Crippen LogP contribution in [0.3, 0.4) is 0 Å². The van der Waals surface area contributed by atoms with Crippen molar-refractivity contribution in [3.05, 3.63) is 34.7 Å². The van der Waals surface area contributed by atoms with Crippen LogP contribution in [0.4, 0.5) is 5.82 Å². The normalized spacial score (nSPS) is 11.4. The predicted molar refractivity (Wildman–Crippen MR) is 70.7 cm³/mol. The molecular formula is C10H11BrN4O2S. The van der Waals surface area contributed by atoms with Gasteiger partial charge in [-0.2, -0.15) is 5.10 Å². The maximum absolute atomic E-state index is 12.0. The first-order chi connectivity index (χ1) is 8.51. The maximum Gasteiger partial charge on any atom is 0.264 e.